The van der Waals surface area contributed by atoms with E-state index >= 15 is 0 Å². The highest BCUT2D eigenvalue weighted by atomic mass is 16.1. The molecule has 3 aromatic rings. The summed E-state index contributed by atoms with van der Waals surface area (Å²) in [4.78, 5) is 15.6. The van der Waals surface area contributed by atoms with Gasteiger partial charge in [0.2, 0.25) is 0 Å². The second-order valence-electron chi connectivity index (χ2n) is 6.96. The number of nitrogens with one attached hydrogen (secondary N) is 3. The summed E-state index contributed by atoms with van der Waals surface area (Å²) in [5, 5.41) is 16.3. The lowest BCUT2D eigenvalue weighted by atomic mass is 10.0. The fourth-order valence-corrected chi connectivity index (χ4v) is 3.02. The van der Waals surface area contributed by atoms with Crippen LogP contribution in [0.5, 0.6) is 0 Å². The van der Waals surface area contributed by atoms with Crippen molar-refractivity contribution in [2.45, 2.75) is 26.2 Å². The minimum Gasteiger partial charge on any atom is -0.389 e. The molecule has 0 radical (unpaired) electrons. The highest BCUT2D eigenvalue weighted by Crippen LogP contribution is 2.18. The maximum Gasteiger partial charge on any atom is 0.267 e. The van der Waals surface area contributed by atoms with Crippen molar-refractivity contribution in [3.63, 3.8) is 0 Å². The van der Waals surface area contributed by atoms with E-state index in [4.69, 9.17) is 0 Å². The Balaban J connectivity index is 1.55. The maximum atomic E-state index is 12.3. The van der Waals surface area contributed by atoms with Crippen LogP contribution in [0.4, 0.5) is 5.69 Å². The van der Waals surface area contributed by atoms with Crippen LogP contribution in [0.25, 0.3) is 10.9 Å². The number of carbonyl (C=O) groups excluding carboxylic acids is 1. The summed E-state index contributed by atoms with van der Waals surface area (Å²) in [6.07, 6.45) is 4.26. The standard InChI is InChI=1S/C23H24N4O/c1-16(2)17-7-9-20(10-8-17)27-23(28)19(13-24)14-25-12-11-18-15-26-22-6-4-3-5-21(18)22/h3-10,14-16,25-26H,11-12H2,1-2H3,(H,27,28)/b19-14-. The summed E-state index contributed by atoms with van der Waals surface area (Å²) in [6.45, 7) is 4.86. The van der Waals surface area contributed by atoms with E-state index < -0.39 is 5.91 Å². The van der Waals surface area contributed by atoms with E-state index in [-0.39, 0.29) is 5.57 Å². The minimum absolute atomic E-state index is 0.0480. The molecule has 2 aromatic carbocycles. The van der Waals surface area contributed by atoms with E-state index in [1.54, 1.807) is 0 Å². The number of carbonyl (C=O) groups is 1. The highest BCUT2D eigenvalue weighted by molar-refractivity contribution is 6.06. The molecular weight excluding hydrogens is 348 g/mol. The van der Waals surface area contributed by atoms with Gasteiger partial charge < -0.3 is 15.6 Å². The molecule has 0 saturated heterocycles. The largest absolute Gasteiger partial charge is 0.389 e. The average Bonchev–Trinajstić information content (AvgIpc) is 3.11. The number of H-pyrrole nitrogens is 1. The Hall–Kier alpha value is -3.52. The predicted molar refractivity (Wildman–Crippen MR) is 113 cm³/mol. The first-order valence-corrected chi connectivity index (χ1v) is 9.38. The molecule has 1 heterocycles. The molecule has 1 aromatic heterocycles. The zero-order chi connectivity index (χ0) is 19.9. The molecule has 0 atom stereocenters. The number of aromatic amines is 1. The van der Waals surface area contributed by atoms with Gasteiger partial charge >= 0.3 is 0 Å². The SMILES string of the molecule is CC(C)c1ccc(NC(=O)/C(C#N)=C\NCCc2c[nH]c3ccccc23)cc1. The molecule has 3 N–H and O–H groups in total. The first kappa shape index (κ1) is 19.2. The van der Waals surface area contributed by atoms with Crippen LogP contribution in [-0.2, 0) is 11.2 Å². The van der Waals surface area contributed by atoms with E-state index in [0.717, 1.165) is 11.9 Å². The number of aromatic nitrogens is 1. The lowest BCUT2D eigenvalue weighted by molar-refractivity contribution is -0.112. The third-order valence-corrected chi connectivity index (χ3v) is 4.66. The van der Waals surface area contributed by atoms with Crippen molar-refractivity contribution < 1.29 is 4.79 Å². The number of rotatable bonds is 7. The second kappa shape index (κ2) is 8.92. The maximum absolute atomic E-state index is 12.3. The molecule has 5 heteroatoms. The molecular formula is C23H24N4O. The van der Waals surface area contributed by atoms with Gasteiger partial charge in [-0.15, -0.1) is 0 Å². The molecule has 0 aliphatic heterocycles. The normalized spacial score (nSPS) is 11.4. The van der Waals surface area contributed by atoms with Crippen LogP contribution >= 0.6 is 0 Å². The van der Waals surface area contributed by atoms with Crippen LogP contribution < -0.4 is 10.6 Å². The second-order valence-corrected chi connectivity index (χ2v) is 6.96. The van der Waals surface area contributed by atoms with Crippen LogP contribution in [0.15, 0.2) is 66.5 Å². The van der Waals surface area contributed by atoms with E-state index in [2.05, 4.69) is 35.5 Å². The summed E-state index contributed by atoms with van der Waals surface area (Å²) < 4.78 is 0. The van der Waals surface area contributed by atoms with Gasteiger partial charge in [-0.1, -0.05) is 44.2 Å². The van der Waals surface area contributed by atoms with Crippen LogP contribution in [0.2, 0.25) is 0 Å². The topological polar surface area (TPSA) is 80.7 Å². The zero-order valence-electron chi connectivity index (χ0n) is 16.1. The minimum atomic E-state index is -0.417. The number of hydrogen-bond acceptors (Lipinski definition) is 3. The molecule has 0 aliphatic carbocycles. The molecule has 0 aliphatic rings. The summed E-state index contributed by atoms with van der Waals surface area (Å²) in [6, 6.07) is 17.8. The number of nitrogens with zero attached hydrogens (tertiary/aromatic N) is 1. The van der Waals surface area contributed by atoms with Crippen molar-refractivity contribution >= 4 is 22.5 Å². The molecule has 0 bridgehead atoms. The number of fused-ring (bicyclic) bond motifs is 1. The number of benzene rings is 2. The number of nitriles is 1. The van der Waals surface area contributed by atoms with Gasteiger partial charge in [-0.05, 0) is 41.7 Å². The average molecular weight is 372 g/mol. The van der Waals surface area contributed by atoms with Crippen LogP contribution in [0.3, 0.4) is 0 Å². The van der Waals surface area contributed by atoms with E-state index in [9.17, 15) is 10.1 Å². The van der Waals surface area contributed by atoms with Gasteiger partial charge in [-0.2, -0.15) is 5.26 Å². The molecule has 0 fully saturated rings. The molecule has 1 amide bonds. The molecule has 5 nitrogen and oxygen atoms in total. The fraction of sp³-hybridized carbons (Fsp3) is 0.217. The summed E-state index contributed by atoms with van der Waals surface area (Å²) in [5.41, 5.74) is 4.23. The van der Waals surface area contributed by atoms with Gasteiger partial charge in [0.1, 0.15) is 11.6 Å². The smallest absolute Gasteiger partial charge is 0.267 e. The third kappa shape index (κ3) is 4.60. The lowest BCUT2D eigenvalue weighted by Crippen LogP contribution is -2.18. The van der Waals surface area contributed by atoms with Gasteiger partial charge in [0.25, 0.3) is 5.91 Å². The van der Waals surface area contributed by atoms with Crippen molar-refractivity contribution in [3.05, 3.63) is 77.6 Å². The quantitative estimate of drug-likeness (QED) is 0.325. The Morgan fingerprint density at radius 1 is 1.18 bits per heavy atom. The van der Waals surface area contributed by atoms with Gasteiger partial charge in [0.05, 0.1) is 0 Å². The molecule has 0 saturated carbocycles. The molecule has 0 unspecified atom stereocenters. The van der Waals surface area contributed by atoms with Gasteiger partial charge in [-0.3, -0.25) is 4.79 Å². The van der Waals surface area contributed by atoms with Crippen LogP contribution in [0.1, 0.15) is 30.9 Å². The fourth-order valence-electron chi connectivity index (χ4n) is 3.02. The molecule has 3 rings (SSSR count). The Labute approximate surface area is 165 Å². The van der Waals surface area contributed by atoms with Gasteiger partial charge in [0, 0.05) is 35.5 Å². The van der Waals surface area contributed by atoms with Crippen LogP contribution in [0, 0.1) is 11.3 Å². The Morgan fingerprint density at radius 3 is 2.64 bits per heavy atom. The summed E-state index contributed by atoms with van der Waals surface area (Å²) in [5.74, 6) is 0.0139. The molecule has 142 valence electrons. The van der Waals surface area contributed by atoms with Gasteiger partial charge in [0.15, 0.2) is 0 Å². The summed E-state index contributed by atoms with van der Waals surface area (Å²) >= 11 is 0. The Kier molecular flexibility index (Phi) is 6.13. The number of hydrogen-bond donors (Lipinski definition) is 3. The number of para-hydroxylation sites is 1. The monoisotopic (exact) mass is 372 g/mol. The van der Waals surface area contributed by atoms with E-state index in [0.29, 0.717) is 18.2 Å². The van der Waals surface area contributed by atoms with Crippen LogP contribution in [-0.4, -0.2) is 17.4 Å². The van der Waals surface area contributed by atoms with E-state index in [1.807, 2.05) is 54.7 Å². The predicted octanol–water partition coefficient (Wildman–Crippen LogP) is 4.47. The van der Waals surface area contributed by atoms with E-state index in [1.165, 1.54) is 22.7 Å². The molecule has 0 spiro atoms. The number of anilines is 1. The molecule has 28 heavy (non-hydrogen) atoms. The first-order valence-electron chi connectivity index (χ1n) is 9.38. The Morgan fingerprint density at radius 2 is 1.93 bits per heavy atom. The lowest BCUT2D eigenvalue weighted by Gasteiger charge is -2.08. The van der Waals surface area contributed by atoms with Crippen molar-refractivity contribution in [1.82, 2.24) is 10.3 Å². The first-order chi connectivity index (χ1) is 13.6. The van der Waals surface area contributed by atoms with Crippen molar-refractivity contribution in [2.75, 3.05) is 11.9 Å². The Bertz CT molecular complexity index is 1020. The van der Waals surface area contributed by atoms with Crippen molar-refractivity contribution in [3.8, 4) is 6.07 Å². The number of amides is 1. The third-order valence-electron chi connectivity index (χ3n) is 4.66. The van der Waals surface area contributed by atoms with Crippen molar-refractivity contribution in [2.24, 2.45) is 0 Å². The summed E-state index contributed by atoms with van der Waals surface area (Å²) in [7, 11) is 0. The highest BCUT2D eigenvalue weighted by Gasteiger charge is 2.09. The van der Waals surface area contributed by atoms with Gasteiger partial charge in [-0.25, -0.2) is 0 Å². The van der Waals surface area contributed by atoms with Crippen molar-refractivity contribution in [1.29, 1.82) is 5.26 Å². The zero-order valence-corrected chi connectivity index (χ0v) is 16.1.